The summed E-state index contributed by atoms with van der Waals surface area (Å²) in [5, 5.41) is 0. The fraction of sp³-hybridized carbons (Fsp3) is 0.500. The maximum Gasteiger partial charge on any atom is 0.143 e. The van der Waals surface area contributed by atoms with Crippen molar-refractivity contribution in [1.29, 1.82) is 0 Å². The molecule has 3 nitrogen and oxygen atoms in total. The molecule has 0 amide bonds. The first kappa shape index (κ1) is 9.80. The van der Waals surface area contributed by atoms with Crippen molar-refractivity contribution in [1.82, 2.24) is 4.98 Å². The van der Waals surface area contributed by atoms with Gasteiger partial charge >= 0.3 is 0 Å². The number of nitrogens with two attached hydrogens (primary N) is 1. The van der Waals surface area contributed by atoms with Crippen LogP contribution in [0.25, 0.3) is 0 Å². The molecule has 2 N–H and O–H groups in total. The molecule has 0 bridgehead atoms. The number of hydrogen-bond acceptors (Lipinski definition) is 4. The third-order valence-corrected chi connectivity index (χ3v) is 3.01. The maximum atomic E-state index is 5.73. The van der Waals surface area contributed by atoms with Crippen molar-refractivity contribution in [3.05, 3.63) is 18.0 Å². The monoisotopic (exact) mass is 210 g/mol. The van der Waals surface area contributed by atoms with E-state index in [2.05, 4.69) is 4.98 Å². The molecule has 0 saturated heterocycles. The average Bonchev–Trinajstić information content (AvgIpc) is 3.01. The SMILES string of the molecule is CSc1cncc(OC2CC2)c1CN. The molecule has 0 spiro atoms. The first-order chi connectivity index (χ1) is 6.85. The highest BCUT2D eigenvalue weighted by atomic mass is 32.2. The van der Waals surface area contributed by atoms with Crippen LogP contribution in [-0.4, -0.2) is 17.3 Å². The highest BCUT2D eigenvalue weighted by molar-refractivity contribution is 7.98. The van der Waals surface area contributed by atoms with Crippen LogP contribution in [-0.2, 0) is 6.54 Å². The van der Waals surface area contributed by atoms with Gasteiger partial charge in [0.15, 0.2) is 0 Å². The van der Waals surface area contributed by atoms with E-state index >= 15 is 0 Å². The van der Waals surface area contributed by atoms with Gasteiger partial charge < -0.3 is 10.5 Å². The van der Waals surface area contributed by atoms with Gasteiger partial charge in [-0.3, -0.25) is 4.98 Å². The Balaban J connectivity index is 2.26. The van der Waals surface area contributed by atoms with E-state index in [1.165, 1.54) is 0 Å². The molecule has 14 heavy (non-hydrogen) atoms. The van der Waals surface area contributed by atoms with Gasteiger partial charge in [-0.15, -0.1) is 11.8 Å². The Labute approximate surface area is 88.0 Å². The average molecular weight is 210 g/mol. The molecule has 0 aromatic carbocycles. The molecule has 1 aliphatic carbocycles. The van der Waals surface area contributed by atoms with Crippen LogP contribution in [0.5, 0.6) is 5.75 Å². The Bertz CT molecular complexity index is 326. The van der Waals surface area contributed by atoms with Crippen LogP contribution in [0.15, 0.2) is 17.3 Å². The van der Waals surface area contributed by atoms with E-state index in [0.717, 1.165) is 29.1 Å². The molecule has 1 heterocycles. The zero-order chi connectivity index (χ0) is 9.97. The highest BCUT2D eigenvalue weighted by Crippen LogP contribution is 2.32. The van der Waals surface area contributed by atoms with Crippen LogP contribution in [0.3, 0.4) is 0 Å². The topological polar surface area (TPSA) is 48.1 Å². The standard InChI is InChI=1S/C10H14N2OS/c1-14-10-6-12-5-9(8(10)4-11)13-7-2-3-7/h5-7H,2-4,11H2,1H3. The summed E-state index contributed by atoms with van der Waals surface area (Å²) < 4.78 is 5.73. The van der Waals surface area contributed by atoms with Crippen molar-refractivity contribution in [3.63, 3.8) is 0 Å². The Morgan fingerprint density at radius 1 is 1.57 bits per heavy atom. The molecule has 1 fully saturated rings. The lowest BCUT2D eigenvalue weighted by Gasteiger charge is -2.11. The number of thioether (sulfide) groups is 1. The Hall–Kier alpha value is -0.740. The van der Waals surface area contributed by atoms with Gasteiger partial charge in [-0.05, 0) is 19.1 Å². The Kier molecular flexibility index (Phi) is 2.93. The molecule has 0 aliphatic heterocycles. The van der Waals surface area contributed by atoms with E-state index in [9.17, 15) is 0 Å². The van der Waals surface area contributed by atoms with Crippen LogP contribution >= 0.6 is 11.8 Å². The Morgan fingerprint density at radius 3 is 2.93 bits per heavy atom. The Morgan fingerprint density at radius 2 is 2.36 bits per heavy atom. The molecule has 1 aromatic rings. The van der Waals surface area contributed by atoms with E-state index in [0.29, 0.717) is 12.6 Å². The number of pyridine rings is 1. The molecular weight excluding hydrogens is 196 g/mol. The second kappa shape index (κ2) is 4.19. The number of nitrogens with zero attached hydrogens (tertiary/aromatic N) is 1. The zero-order valence-corrected chi connectivity index (χ0v) is 9.01. The molecule has 1 aromatic heterocycles. The van der Waals surface area contributed by atoms with Crippen LogP contribution in [0.1, 0.15) is 18.4 Å². The van der Waals surface area contributed by atoms with Crippen LogP contribution in [0.2, 0.25) is 0 Å². The third kappa shape index (κ3) is 2.01. The van der Waals surface area contributed by atoms with Gasteiger partial charge in [-0.2, -0.15) is 0 Å². The predicted molar refractivity (Wildman–Crippen MR) is 57.6 cm³/mol. The summed E-state index contributed by atoms with van der Waals surface area (Å²) in [6.45, 7) is 0.515. The molecule has 76 valence electrons. The smallest absolute Gasteiger partial charge is 0.143 e. The number of ether oxygens (including phenoxy) is 1. The van der Waals surface area contributed by atoms with Gasteiger partial charge in [0.05, 0.1) is 12.3 Å². The van der Waals surface area contributed by atoms with Gasteiger partial charge in [0, 0.05) is 23.2 Å². The van der Waals surface area contributed by atoms with E-state index in [-0.39, 0.29) is 0 Å². The normalized spacial score (nSPS) is 15.6. The zero-order valence-electron chi connectivity index (χ0n) is 8.19. The van der Waals surface area contributed by atoms with E-state index in [1.54, 1.807) is 18.0 Å². The summed E-state index contributed by atoms with van der Waals surface area (Å²) >= 11 is 1.66. The van der Waals surface area contributed by atoms with Crippen molar-refractivity contribution < 1.29 is 4.74 Å². The quantitative estimate of drug-likeness (QED) is 0.770. The minimum atomic E-state index is 0.402. The second-order valence-electron chi connectivity index (χ2n) is 3.34. The molecule has 2 rings (SSSR count). The van der Waals surface area contributed by atoms with Gasteiger partial charge in [0.2, 0.25) is 0 Å². The number of hydrogen-bond donors (Lipinski definition) is 1. The van der Waals surface area contributed by atoms with E-state index in [1.807, 2.05) is 12.5 Å². The minimum absolute atomic E-state index is 0.402. The summed E-state index contributed by atoms with van der Waals surface area (Å²) in [5.74, 6) is 0.863. The van der Waals surface area contributed by atoms with Crippen LogP contribution in [0, 0.1) is 0 Å². The summed E-state index contributed by atoms with van der Waals surface area (Å²) in [6, 6.07) is 0. The minimum Gasteiger partial charge on any atom is -0.488 e. The predicted octanol–water partition coefficient (Wildman–Crippen LogP) is 1.80. The molecule has 4 heteroatoms. The summed E-state index contributed by atoms with van der Waals surface area (Å²) in [6.07, 6.45) is 8.35. The number of aromatic nitrogens is 1. The van der Waals surface area contributed by atoms with E-state index < -0.39 is 0 Å². The second-order valence-corrected chi connectivity index (χ2v) is 4.19. The van der Waals surface area contributed by atoms with Gasteiger partial charge in [0.25, 0.3) is 0 Å². The lowest BCUT2D eigenvalue weighted by molar-refractivity contribution is 0.297. The van der Waals surface area contributed by atoms with Gasteiger partial charge in [-0.25, -0.2) is 0 Å². The molecule has 1 saturated carbocycles. The molecule has 1 aliphatic rings. The van der Waals surface area contributed by atoms with Crippen molar-refractivity contribution in [2.75, 3.05) is 6.26 Å². The van der Waals surface area contributed by atoms with E-state index in [4.69, 9.17) is 10.5 Å². The fourth-order valence-corrected chi connectivity index (χ4v) is 1.89. The summed E-state index contributed by atoms with van der Waals surface area (Å²) in [7, 11) is 0. The lowest BCUT2D eigenvalue weighted by Crippen LogP contribution is -2.05. The highest BCUT2D eigenvalue weighted by Gasteiger charge is 2.25. The van der Waals surface area contributed by atoms with Crippen LogP contribution < -0.4 is 10.5 Å². The van der Waals surface area contributed by atoms with Crippen molar-refractivity contribution in [2.24, 2.45) is 5.73 Å². The molecule has 0 atom stereocenters. The largest absolute Gasteiger partial charge is 0.488 e. The van der Waals surface area contributed by atoms with Crippen molar-refractivity contribution in [2.45, 2.75) is 30.4 Å². The van der Waals surface area contributed by atoms with Gasteiger partial charge in [-0.1, -0.05) is 0 Å². The fourth-order valence-electron chi connectivity index (χ4n) is 1.29. The summed E-state index contributed by atoms with van der Waals surface area (Å²) in [5.41, 5.74) is 6.78. The lowest BCUT2D eigenvalue weighted by atomic mass is 10.2. The number of rotatable bonds is 4. The molecular formula is C10H14N2OS. The first-order valence-corrected chi connectivity index (χ1v) is 5.95. The maximum absolute atomic E-state index is 5.73. The third-order valence-electron chi connectivity index (χ3n) is 2.22. The van der Waals surface area contributed by atoms with Crippen molar-refractivity contribution >= 4 is 11.8 Å². The first-order valence-electron chi connectivity index (χ1n) is 4.72. The van der Waals surface area contributed by atoms with Gasteiger partial charge in [0.1, 0.15) is 5.75 Å². The molecule has 0 unspecified atom stereocenters. The van der Waals surface area contributed by atoms with Crippen LogP contribution in [0.4, 0.5) is 0 Å². The summed E-state index contributed by atoms with van der Waals surface area (Å²) in [4.78, 5) is 5.26. The van der Waals surface area contributed by atoms with Crippen molar-refractivity contribution in [3.8, 4) is 5.75 Å². The molecule has 0 radical (unpaired) electrons.